The second-order valence-corrected chi connectivity index (χ2v) is 9.56. The van der Waals surface area contributed by atoms with Crippen molar-refractivity contribution >= 4 is 36.4 Å². The molecule has 1 aliphatic rings. The molecule has 224 valence electrons. The molecule has 1 atom stereocenters. The number of anilines is 1. The highest BCUT2D eigenvalue weighted by Crippen LogP contribution is 2.33. The maximum Gasteiger partial charge on any atom is 0.416 e. The predicted octanol–water partition coefficient (Wildman–Crippen LogP) is 7.59. The molecular weight excluding hydrogens is 605 g/mol. The van der Waals surface area contributed by atoms with Crippen LogP contribution in [0.5, 0.6) is 0 Å². The summed E-state index contributed by atoms with van der Waals surface area (Å²) >= 11 is 0. The van der Waals surface area contributed by atoms with Gasteiger partial charge in [0.05, 0.1) is 35.7 Å². The molecule has 42 heavy (non-hydrogen) atoms. The lowest BCUT2D eigenvalue weighted by Gasteiger charge is -2.38. The minimum absolute atomic E-state index is 0. The largest absolute Gasteiger partial charge is 0.416 e. The molecule has 5 rings (SSSR count). The standard InChI is InChI=1S/C29H24F6N4O.2ClH/c30-28(31,32)22-7-5-21(6-8-22)20-3-1-19(2-4-20)15-26(25-16-36-18-37-25)38-13-14-39(27(40)17-38)24-11-9-23(10-12-24)29(33,34)35;;/h1-12,16,18,26H,13-15,17H2,(H,36,37);2*1H. The third-order valence-electron chi connectivity index (χ3n) is 7.00. The Morgan fingerprint density at radius 3 is 1.76 bits per heavy atom. The van der Waals surface area contributed by atoms with Gasteiger partial charge in [-0.15, -0.1) is 24.8 Å². The van der Waals surface area contributed by atoms with E-state index in [-0.39, 0.29) is 43.3 Å². The van der Waals surface area contributed by atoms with Gasteiger partial charge in [0, 0.05) is 25.0 Å². The SMILES string of the molecule is Cl.Cl.O=C1CN(C(Cc2ccc(-c3ccc(C(F)(F)F)cc3)cc2)c2cnc[nH]2)CCN1c1ccc(C(F)(F)F)cc1. The van der Waals surface area contributed by atoms with Crippen molar-refractivity contribution in [2.45, 2.75) is 24.8 Å². The summed E-state index contributed by atoms with van der Waals surface area (Å²) in [6, 6.07) is 16.8. The van der Waals surface area contributed by atoms with Crippen LogP contribution in [-0.4, -0.2) is 40.4 Å². The van der Waals surface area contributed by atoms with Crippen LogP contribution in [0.1, 0.15) is 28.4 Å². The summed E-state index contributed by atoms with van der Waals surface area (Å²) in [6.07, 6.45) is -5.07. The van der Waals surface area contributed by atoms with E-state index in [0.29, 0.717) is 30.8 Å². The molecule has 0 spiro atoms. The van der Waals surface area contributed by atoms with Crippen LogP contribution in [0.4, 0.5) is 32.0 Å². The number of rotatable bonds is 6. The van der Waals surface area contributed by atoms with Gasteiger partial charge in [-0.05, 0) is 59.5 Å². The number of alkyl halides is 6. The molecule has 1 aromatic heterocycles. The van der Waals surface area contributed by atoms with Crippen molar-refractivity contribution in [3.63, 3.8) is 0 Å². The Labute approximate surface area is 250 Å². The van der Waals surface area contributed by atoms with Crippen LogP contribution in [-0.2, 0) is 23.6 Å². The number of nitrogens with zero attached hydrogens (tertiary/aromatic N) is 3. The normalized spacial score (nSPS) is 15.1. The molecule has 1 saturated heterocycles. The Bertz CT molecular complexity index is 1440. The second kappa shape index (κ2) is 13.2. The van der Waals surface area contributed by atoms with Gasteiger partial charge < -0.3 is 9.88 Å². The number of H-pyrrole nitrogens is 1. The summed E-state index contributed by atoms with van der Waals surface area (Å²) in [5.41, 5.74) is 2.13. The van der Waals surface area contributed by atoms with E-state index in [1.54, 1.807) is 12.5 Å². The lowest BCUT2D eigenvalue weighted by molar-refractivity contribution is -0.138. The van der Waals surface area contributed by atoms with Gasteiger partial charge in [-0.2, -0.15) is 26.3 Å². The zero-order valence-electron chi connectivity index (χ0n) is 21.8. The maximum atomic E-state index is 13.1. The smallest absolute Gasteiger partial charge is 0.347 e. The highest BCUT2D eigenvalue weighted by Gasteiger charge is 2.33. The maximum absolute atomic E-state index is 13.1. The van der Waals surface area contributed by atoms with Crippen molar-refractivity contribution in [2.24, 2.45) is 0 Å². The number of benzene rings is 3. The molecule has 1 aliphatic heterocycles. The number of nitrogens with one attached hydrogen (secondary N) is 1. The van der Waals surface area contributed by atoms with E-state index in [0.717, 1.165) is 41.1 Å². The minimum atomic E-state index is -4.45. The number of aromatic nitrogens is 2. The first-order chi connectivity index (χ1) is 19.0. The summed E-state index contributed by atoms with van der Waals surface area (Å²) in [4.78, 5) is 23.8. The Kier molecular flexibility index (Phi) is 10.3. The van der Waals surface area contributed by atoms with Crippen molar-refractivity contribution in [3.05, 3.63) is 108 Å². The average molecular weight is 631 g/mol. The Morgan fingerprint density at radius 2 is 1.29 bits per heavy atom. The third kappa shape index (κ3) is 7.45. The molecule has 1 N–H and O–H groups in total. The van der Waals surface area contributed by atoms with Crippen LogP contribution in [0.3, 0.4) is 0 Å². The number of carbonyl (C=O) groups excluding carboxylic acids is 1. The number of hydrogen-bond donors (Lipinski definition) is 1. The van der Waals surface area contributed by atoms with Crippen molar-refractivity contribution < 1.29 is 31.1 Å². The van der Waals surface area contributed by atoms with Gasteiger partial charge in [0.2, 0.25) is 5.91 Å². The first-order valence-corrected chi connectivity index (χ1v) is 12.5. The lowest BCUT2D eigenvalue weighted by Crippen LogP contribution is -2.51. The first kappa shape index (κ1) is 33.0. The monoisotopic (exact) mass is 630 g/mol. The van der Waals surface area contributed by atoms with Gasteiger partial charge in [-0.1, -0.05) is 36.4 Å². The first-order valence-electron chi connectivity index (χ1n) is 12.5. The van der Waals surface area contributed by atoms with E-state index < -0.39 is 23.5 Å². The Balaban J connectivity index is 0.00000242. The second-order valence-electron chi connectivity index (χ2n) is 9.56. The lowest BCUT2D eigenvalue weighted by atomic mass is 9.97. The molecule has 0 bridgehead atoms. The highest BCUT2D eigenvalue weighted by atomic mass is 35.5. The van der Waals surface area contributed by atoms with E-state index in [1.165, 1.54) is 29.2 Å². The molecule has 2 heterocycles. The Hall–Kier alpha value is -3.54. The molecule has 1 unspecified atom stereocenters. The van der Waals surface area contributed by atoms with E-state index >= 15 is 0 Å². The zero-order valence-corrected chi connectivity index (χ0v) is 23.5. The van der Waals surface area contributed by atoms with Gasteiger partial charge >= 0.3 is 12.4 Å². The van der Waals surface area contributed by atoms with Gasteiger partial charge in [-0.3, -0.25) is 9.69 Å². The van der Waals surface area contributed by atoms with E-state index in [9.17, 15) is 31.1 Å². The quantitative estimate of drug-likeness (QED) is 0.223. The van der Waals surface area contributed by atoms with Crippen molar-refractivity contribution in [2.75, 3.05) is 24.5 Å². The summed E-state index contributed by atoms with van der Waals surface area (Å²) in [6.45, 7) is 0.857. The van der Waals surface area contributed by atoms with Crippen LogP contribution in [0, 0.1) is 0 Å². The number of imidazole rings is 1. The molecule has 5 nitrogen and oxygen atoms in total. The topological polar surface area (TPSA) is 52.2 Å². The number of amides is 1. The fourth-order valence-electron chi connectivity index (χ4n) is 4.85. The molecule has 1 fully saturated rings. The number of piperazine rings is 1. The molecule has 13 heteroatoms. The summed E-state index contributed by atoms with van der Waals surface area (Å²) in [5.74, 6) is -0.229. The van der Waals surface area contributed by atoms with Crippen LogP contribution < -0.4 is 4.90 Å². The number of carbonyl (C=O) groups is 1. The van der Waals surface area contributed by atoms with E-state index in [2.05, 4.69) is 9.97 Å². The fourth-order valence-corrected chi connectivity index (χ4v) is 4.85. The Morgan fingerprint density at radius 1 is 0.762 bits per heavy atom. The van der Waals surface area contributed by atoms with E-state index in [4.69, 9.17) is 0 Å². The zero-order chi connectivity index (χ0) is 28.5. The van der Waals surface area contributed by atoms with Crippen LogP contribution >= 0.6 is 24.8 Å². The van der Waals surface area contributed by atoms with Crippen molar-refractivity contribution in [3.8, 4) is 11.1 Å². The third-order valence-corrected chi connectivity index (χ3v) is 7.00. The molecule has 4 aromatic rings. The van der Waals surface area contributed by atoms with Crippen LogP contribution in [0.15, 0.2) is 85.3 Å². The number of aromatic amines is 1. The van der Waals surface area contributed by atoms with Gasteiger partial charge in [-0.25, -0.2) is 4.98 Å². The molecule has 0 aliphatic carbocycles. The predicted molar refractivity (Wildman–Crippen MR) is 152 cm³/mol. The number of hydrogen-bond acceptors (Lipinski definition) is 3. The molecule has 1 amide bonds. The molecular formula is C29H26Cl2F6N4O. The van der Waals surface area contributed by atoms with Crippen molar-refractivity contribution in [1.29, 1.82) is 0 Å². The minimum Gasteiger partial charge on any atom is -0.347 e. The van der Waals surface area contributed by atoms with Gasteiger partial charge in [0.1, 0.15) is 0 Å². The molecule has 0 saturated carbocycles. The highest BCUT2D eigenvalue weighted by molar-refractivity contribution is 5.95. The molecule has 0 radical (unpaired) electrons. The summed E-state index contributed by atoms with van der Waals surface area (Å²) in [7, 11) is 0. The van der Waals surface area contributed by atoms with Gasteiger partial charge in [0.25, 0.3) is 0 Å². The summed E-state index contributed by atoms with van der Waals surface area (Å²) in [5, 5.41) is 0. The van der Waals surface area contributed by atoms with Crippen LogP contribution in [0.25, 0.3) is 11.1 Å². The van der Waals surface area contributed by atoms with Crippen molar-refractivity contribution in [1.82, 2.24) is 14.9 Å². The molecule has 3 aromatic carbocycles. The summed E-state index contributed by atoms with van der Waals surface area (Å²) < 4.78 is 77.4. The van der Waals surface area contributed by atoms with Crippen LogP contribution in [0.2, 0.25) is 0 Å². The average Bonchev–Trinajstić information content (AvgIpc) is 3.46. The van der Waals surface area contributed by atoms with E-state index in [1.807, 2.05) is 29.2 Å². The number of halogens is 8. The fraction of sp³-hybridized carbons (Fsp3) is 0.241. The van der Waals surface area contributed by atoms with Gasteiger partial charge in [0.15, 0.2) is 0 Å².